The zero-order valence-electron chi connectivity index (χ0n) is 11.6. The van der Waals surface area contributed by atoms with Crippen LogP contribution >= 0.6 is 11.3 Å². The number of nitrogens with one attached hydrogen (secondary N) is 2. The van der Waals surface area contributed by atoms with Gasteiger partial charge in [0.15, 0.2) is 0 Å². The number of nitrogens with two attached hydrogens (primary N) is 1. The van der Waals surface area contributed by atoms with Crippen LogP contribution in [0, 0.1) is 19.7 Å². The van der Waals surface area contributed by atoms with Crippen molar-refractivity contribution in [3.63, 3.8) is 0 Å². The summed E-state index contributed by atoms with van der Waals surface area (Å²) < 4.78 is 13.3. The van der Waals surface area contributed by atoms with Crippen LogP contribution in [0.3, 0.4) is 0 Å². The number of hydrogen-bond acceptors (Lipinski definition) is 6. The van der Waals surface area contributed by atoms with Gasteiger partial charge in [0.05, 0.1) is 5.39 Å². The fraction of sp³-hybridized carbons (Fsp3) is 0.143. The fourth-order valence-electron chi connectivity index (χ4n) is 2.06. The molecule has 0 aliphatic rings. The molecule has 0 atom stereocenters. The number of nitrogens with zero attached hydrogens (tertiary/aromatic N) is 2. The number of nitrogen functional groups attached to an aromatic ring is 1. The minimum atomic E-state index is -0.232. The molecule has 0 unspecified atom stereocenters. The molecule has 4 N–H and O–H groups in total. The minimum absolute atomic E-state index is 0.232. The van der Waals surface area contributed by atoms with E-state index in [4.69, 9.17) is 5.84 Å². The first-order valence-electron chi connectivity index (χ1n) is 6.35. The first-order valence-corrected chi connectivity index (χ1v) is 7.16. The van der Waals surface area contributed by atoms with E-state index in [9.17, 15) is 4.39 Å². The third-order valence-electron chi connectivity index (χ3n) is 3.07. The highest BCUT2D eigenvalue weighted by molar-refractivity contribution is 7.18. The van der Waals surface area contributed by atoms with Crippen molar-refractivity contribution in [1.82, 2.24) is 9.97 Å². The second kappa shape index (κ2) is 5.27. The molecule has 21 heavy (non-hydrogen) atoms. The van der Waals surface area contributed by atoms with Gasteiger partial charge in [-0.05, 0) is 43.7 Å². The quantitative estimate of drug-likeness (QED) is 0.510. The average Bonchev–Trinajstić information content (AvgIpc) is 2.83. The molecule has 2 aromatic heterocycles. The Kier molecular flexibility index (Phi) is 3.44. The van der Waals surface area contributed by atoms with E-state index in [0.717, 1.165) is 20.8 Å². The largest absolute Gasteiger partial charge is 0.340 e. The maximum atomic E-state index is 13.3. The molecule has 0 saturated carbocycles. The van der Waals surface area contributed by atoms with Crippen molar-refractivity contribution in [3.05, 3.63) is 40.5 Å². The number of hydrogen-bond donors (Lipinski definition) is 3. The van der Waals surface area contributed by atoms with Gasteiger partial charge in [-0.25, -0.2) is 15.2 Å². The molecule has 3 rings (SSSR count). The van der Waals surface area contributed by atoms with E-state index in [1.54, 1.807) is 30.4 Å². The van der Waals surface area contributed by atoms with E-state index in [0.29, 0.717) is 17.3 Å². The zero-order chi connectivity index (χ0) is 15.0. The Morgan fingerprint density at radius 1 is 1.19 bits per heavy atom. The molecule has 0 amide bonds. The predicted molar refractivity (Wildman–Crippen MR) is 84.4 cm³/mol. The normalized spacial score (nSPS) is 10.9. The number of hydrazine groups is 1. The highest BCUT2D eigenvalue weighted by Crippen LogP contribution is 2.31. The van der Waals surface area contributed by atoms with Gasteiger partial charge >= 0.3 is 0 Å². The standard InChI is InChI=1S/C14H14FN5S/c1-7-5-9(3-4-11(7)15)17-12-10-6-8(2)21-13(10)19-14(18-12)20-16/h3-6H,16H2,1-2H3,(H2,17,18,19,20). The van der Waals surface area contributed by atoms with E-state index in [2.05, 4.69) is 20.7 Å². The van der Waals surface area contributed by atoms with Gasteiger partial charge in [0.1, 0.15) is 16.5 Å². The molecule has 5 nitrogen and oxygen atoms in total. The molecule has 3 aromatic rings. The Labute approximate surface area is 125 Å². The lowest BCUT2D eigenvalue weighted by Gasteiger charge is -2.09. The number of halogens is 1. The monoisotopic (exact) mass is 303 g/mol. The molecule has 108 valence electrons. The SMILES string of the molecule is Cc1cc2c(Nc3ccc(F)c(C)c3)nc(NN)nc2s1. The highest BCUT2D eigenvalue weighted by atomic mass is 32.1. The van der Waals surface area contributed by atoms with Crippen LogP contribution in [0.2, 0.25) is 0 Å². The topological polar surface area (TPSA) is 75.9 Å². The molecule has 0 aliphatic heterocycles. The van der Waals surface area contributed by atoms with Crippen LogP contribution in [0.15, 0.2) is 24.3 Å². The van der Waals surface area contributed by atoms with Gasteiger partial charge in [0, 0.05) is 10.6 Å². The summed E-state index contributed by atoms with van der Waals surface area (Å²) in [6.07, 6.45) is 0. The summed E-state index contributed by atoms with van der Waals surface area (Å²) in [6, 6.07) is 6.85. The molecule has 0 radical (unpaired) electrons. The van der Waals surface area contributed by atoms with Crippen LogP contribution in [0.4, 0.5) is 21.8 Å². The fourth-order valence-corrected chi connectivity index (χ4v) is 2.94. The summed E-state index contributed by atoms with van der Waals surface area (Å²) in [4.78, 5) is 10.6. The highest BCUT2D eigenvalue weighted by Gasteiger charge is 2.11. The summed E-state index contributed by atoms with van der Waals surface area (Å²) >= 11 is 1.57. The second-order valence-corrected chi connectivity index (χ2v) is 5.94. The lowest BCUT2D eigenvalue weighted by molar-refractivity contribution is 0.619. The van der Waals surface area contributed by atoms with Gasteiger partial charge < -0.3 is 5.32 Å². The van der Waals surface area contributed by atoms with E-state index in [-0.39, 0.29) is 5.82 Å². The van der Waals surface area contributed by atoms with Crippen molar-refractivity contribution < 1.29 is 4.39 Å². The van der Waals surface area contributed by atoms with Crippen LogP contribution in [0.25, 0.3) is 10.2 Å². The third kappa shape index (κ3) is 2.65. The second-order valence-electron chi connectivity index (χ2n) is 4.70. The molecule has 0 saturated heterocycles. The average molecular weight is 303 g/mol. The van der Waals surface area contributed by atoms with Gasteiger partial charge in [-0.1, -0.05) is 0 Å². The summed E-state index contributed by atoms with van der Waals surface area (Å²) in [5.74, 6) is 6.15. The Balaban J connectivity index is 2.07. The van der Waals surface area contributed by atoms with Crippen LogP contribution in [0.5, 0.6) is 0 Å². The Morgan fingerprint density at radius 3 is 2.71 bits per heavy atom. The van der Waals surface area contributed by atoms with Crippen LogP contribution in [0.1, 0.15) is 10.4 Å². The molecule has 0 aliphatic carbocycles. The Morgan fingerprint density at radius 2 is 2.00 bits per heavy atom. The Hall–Kier alpha value is -2.25. The summed E-state index contributed by atoms with van der Waals surface area (Å²) in [5.41, 5.74) is 3.80. The molecule has 0 fully saturated rings. The number of anilines is 3. The van der Waals surface area contributed by atoms with Crippen molar-refractivity contribution >= 4 is 39.0 Å². The number of aryl methyl sites for hydroxylation is 2. The number of rotatable bonds is 3. The smallest absolute Gasteiger partial charge is 0.240 e. The summed E-state index contributed by atoms with van der Waals surface area (Å²) in [5, 5.41) is 4.11. The van der Waals surface area contributed by atoms with Crippen molar-refractivity contribution in [2.45, 2.75) is 13.8 Å². The number of thiophene rings is 1. The van der Waals surface area contributed by atoms with E-state index in [1.165, 1.54) is 6.07 Å². The van der Waals surface area contributed by atoms with Gasteiger partial charge in [-0.2, -0.15) is 4.98 Å². The minimum Gasteiger partial charge on any atom is -0.340 e. The Bertz CT molecular complexity index is 814. The van der Waals surface area contributed by atoms with Gasteiger partial charge in [0.2, 0.25) is 5.95 Å². The molecule has 2 heterocycles. The zero-order valence-corrected chi connectivity index (χ0v) is 12.4. The summed E-state index contributed by atoms with van der Waals surface area (Å²) in [6.45, 7) is 3.73. The van der Waals surface area contributed by atoms with Crippen molar-refractivity contribution in [2.75, 3.05) is 10.7 Å². The molecule has 1 aromatic carbocycles. The van der Waals surface area contributed by atoms with Crippen molar-refractivity contribution in [1.29, 1.82) is 0 Å². The first-order chi connectivity index (χ1) is 10.1. The van der Waals surface area contributed by atoms with E-state index < -0.39 is 0 Å². The van der Waals surface area contributed by atoms with Gasteiger partial charge in [-0.15, -0.1) is 11.3 Å². The first kappa shape index (κ1) is 13.7. The summed E-state index contributed by atoms with van der Waals surface area (Å²) in [7, 11) is 0. The number of aromatic nitrogens is 2. The molecular weight excluding hydrogens is 289 g/mol. The van der Waals surface area contributed by atoms with Crippen LogP contribution < -0.4 is 16.6 Å². The van der Waals surface area contributed by atoms with Crippen LogP contribution in [-0.2, 0) is 0 Å². The maximum Gasteiger partial charge on any atom is 0.240 e. The number of benzene rings is 1. The number of fused-ring (bicyclic) bond motifs is 1. The van der Waals surface area contributed by atoms with Crippen molar-refractivity contribution in [2.24, 2.45) is 5.84 Å². The maximum absolute atomic E-state index is 13.3. The molecule has 0 spiro atoms. The van der Waals surface area contributed by atoms with E-state index in [1.807, 2.05) is 13.0 Å². The molecular formula is C14H14FN5S. The molecule has 7 heteroatoms. The lowest BCUT2D eigenvalue weighted by atomic mass is 10.2. The van der Waals surface area contributed by atoms with Gasteiger partial charge in [-0.3, -0.25) is 5.43 Å². The third-order valence-corrected chi connectivity index (χ3v) is 4.01. The van der Waals surface area contributed by atoms with Gasteiger partial charge in [0.25, 0.3) is 0 Å². The lowest BCUT2D eigenvalue weighted by Crippen LogP contribution is -2.11. The predicted octanol–water partition coefficient (Wildman–Crippen LogP) is 3.48. The molecule has 0 bridgehead atoms. The van der Waals surface area contributed by atoms with Crippen LogP contribution in [-0.4, -0.2) is 9.97 Å². The van der Waals surface area contributed by atoms with E-state index >= 15 is 0 Å². The van der Waals surface area contributed by atoms with Crippen molar-refractivity contribution in [3.8, 4) is 0 Å².